The molecule has 0 fully saturated rings. The van der Waals surface area contributed by atoms with Crippen molar-refractivity contribution in [3.63, 3.8) is 0 Å². The highest BCUT2D eigenvalue weighted by atomic mass is 32.2. The molecular formula is C16H16N4O4S3. The van der Waals surface area contributed by atoms with Crippen LogP contribution in [-0.2, 0) is 26.6 Å². The van der Waals surface area contributed by atoms with Gasteiger partial charge < -0.3 is 0 Å². The van der Waals surface area contributed by atoms with E-state index in [0.29, 0.717) is 16.9 Å². The molecule has 142 valence electrons. The maximum absolute atomic E-state index is 13.1. The van der Waals surface area contributed by atoms with Crippen LogP contribution in [0.4, 0.5) is 5.13 Å². The van der Waals surface area contributed by atoms with Crippen LogP contribution in [0.1, 0.15) is 11.1 Å². The van der Waals surface area contributed by atoms with Crippen molar-refractivity contribution in [2.24, 2.45) is 5.14 Å². The first kappa shape index (κ1) is 19.4. The number of sulfonamides is 2. The number of hydrogen-bond donors (Lipinski definition) is 1. The van der Waals surface area contributed by atoms with Gasteiger partial charge in [-0.15, -0.1) is 10.2 Å². The summed E-state index contributed by atoms with van der Waals surface area (Å²) < 4.78 is 49.9. The Morgan fingerprint density at radius 3 is 2.15 bits per heavy atom. The van der Waals surface area contributed by atoms with Gasteiger partial charge in [0.2, 0.25) is 9.47 Å². The van der Waals surface area contributed by atoms with E-state index in [1.165, 1.54) is 12.1 Å². The first-order valence-corrected chi connectivity index (χ1v) is 11.5. The Kier molecular flexibility index (Phi) is 5.29. The van der Waals surface area contributed by atoms with E-state index in [9.17, 15) is 16.8 Å². The number of aryl methyl sites for hydroxylation is 1. The quantitative estimate of drug-likeness (QED) is 0.644. The van der Waals surface area contributed by atoms with Gasteiger partial charge in [0.25, 0.3) is 20.0 Å². The van der Waals surface area contributed by atoms with Crippen LogP contribution in [-0.4, -0.2) is 27.0 Å². The molecule has 0 saturated carbocycles. The van der Waals surface area contributed by atoms with E-state index in [4.69, 9.17) is 5.14 Å². The van der Waals surface area contributed by atoms with Gasteiger partial charge in [0, 0.05) is 0 Å². The lowest BCUT2D eigenvalue weighted by Crippen LogP contribution is -2.30. The second-order valence-corrected chi connectivity index (χ2v) is 10.3. The van der Waals surface area contributed by atoms with Gasteiger partial charge >= 0.3 is 0 Å². The highest BCUT2D eigenvalue weighted by Crippen LogP contribution is 2.30. The predicted molar refractivity (Wildman–Crippen MR) is 102 cm³/mol. The van der Waals surface area contributed by atoms with Crippen LogP contribution >= 0.6 is 11.3 Å². The highest BCUT2D eigenvalue weighted by molar-refractivity contribution is 7.93. The average molecular weight is 425 g/mol. The third kappa shape index (κ3) is 4.33. The zero-order valence-corrected chi connectivity index (χ0v) is 16.6. The summed E-state index contributed by atoms with van der Waals surface area (Å²) in [7, 11) is -8.07. The van der Waals surface area contributed by atoms with E-state index in [1.807, 2.05) is 19.1 Å². The summed E-state index contributed by atoms with van der Waals surface area (Å²) in [6, 6.07) is 15.1. The fourth-order valence-corrected chi connectivity index (χ4v) is 5.30. The predicted octanol–water partition coefficient (Wildman–Crippen LogP) is 1.89. The number of rotatable bonds is 6. The third-order valence-electron chi connectivity index (χ3n) is 3.63. The van der Waals surface area contributed by atoms with Crippen LogP contribution in [0.25, 0.3) is 0 Å². The van der Waals surface area contributed by atoms with Crippen molar-refractivity contribution in [3.8, 4) is 0 Å². The number of primary sulfonamides is 1. The van der Waals surface area contributed by atoms with Gasteiger partial charge in [-0.05, 0) is 24.6 Å². The molecule has 0 aliphatic heterocycles. The Hall–Kier alpha value is -2.34. The van der Waals surface area contributed by atoms with E-state index >= 15 is 0 Å². The summed E-state index contributed by atoms with van der Waals surface area (Å²) in [6.45, 7) is 1.89. The minimum atomic E-state index is -4.08. The molecule has 1 aromatic heterocycles. The smallest absolute Gasteiger partial charge is 0.235 e. The highest BCUT2D eigenvalue weighted by Gasteiger charge is 2.29. The number of hydrogen-bond acceptors (Lipinski definition) is 7. The number of anilines is 1. The Bertz CT molecular complexity index is 1140. The Labute approximate surface area is 161 Å². The molecule has 0 aliphatic carbocycles. The average Bonchev–Trinajstić information content (AvgIpc) is 3.12. The van der Waals surface area contributed by atoms with Crippen molar-refractivity contribution in [3.05, 3.63) is 65.7 Å². The number of aromatic nitrogens is 2. The molecule has 3 aromatic rings. The molecule has 2 N–H and O–H groups in total. The van der Waals surface area contributed by atoms with Crippen molar-refractivity contribution in [1.29, 1.82) is 0 Å². The maximum atomic E-state index is 13.1. The molecule has 0 aliphatic rings. The van der Waals surface area contributed by atoms with Crippen LogP contribution in [0.15, 0.2) is 63.8 Å². The normalized spacial score (nSPS) is 12.1. The van der Waals surface area contributed by atoms with Crippen molar-refractivity contribution in [2.75, 3.05) is 4.31 Å². The molecule has 0 saturated heterocycles. The van der Waals surface area contributed by atoms with E-state index in [-0.39, 0.29) is 16.6 Å². The molecule has 0 radical (unpaired) electrons. The standard InChI is InChI=1S/C16H16N4O4S3/c1-12-7-9-13(10-8-12)11-20(15-18-19-16(25-15)26(17,21)22)27(23,24)14-5-3-2-4-6-14/h2-10H,11H2,1H3,(H2,17,21,22). The molecule has 0 spiro atoms. The summed E-state index contributed by atoms with van der Waals surface area (Å²) in [6.07, 6.45) is 0. The largest absolute Gasteiger partial charge is 0.267 e. The molecule has 8 nitrogen and oxygen atoms in total. The SMILES string of the molecule is Cc1ccc(CN(c2nnc(S(N)(=O)=O)s2)S(=O)(=O)c2ccccc2)cc1. The van der Waals surface area contributed by atoms with E-state index in [1.54, 1.807) is 30.3 Å². The lowest BCUT2D eigenvalue weighted by atomic mass is 10.1. The summed E-state index contributed by atoms with van der Waals surface area (Å²) >= 11 is 0.603. The van der Waals surface area contributed by atoms with E-state index < -0.39 is 24.4 Å². The molecule has 1 heterocycles. The zero-order chi connectivity index (χ0) is 19.7. The van der Waals surface area contributed by atoms with Gasteiger partial charge in [-0.3, -0.25) is 0 Å². The summed E-state index contributed by atoms with van der Waals surface area (Å²) in [5.74, 6) is 0. The second-order valence-electron chi connectivity index (χ2n) is 5.71. The van der Waals surface area contributed by atoms with Gasteiger partial charge in [-0.25, -0.2) is 26.3 Å². The monoisotopic (exact) mass is 424 g/mol. The molecule has 27 heavy (non-hydrogen) atoms. The fourth-order valence-electron chi connectivity index (χ4n) is 2.25. The third-order valence-corrected chi connectivity index (χ3v) is 7.75. The van der Waals surface area contributed by atoms with Crippen LogP contribution in [0.2, 0.25) is 0 Å². The summed E-state index contributed by atoms with van der Waals surface area (Å²) in [4.78, 5) is 0.0597. The van der Waals surface area contributed by atoms with E-state index in [0.717, 1.165) is 9.87 Å². The Balaban J connectivity index is 2.09. The molecular weight excluding hydrogens is 408 g/mol. The summed E-state index contributed by atoms with van der Waals surface area (Å²) in [5.41, 5.74) is 1.75. The summed E-state index contributed by atoms with van der Waals surface area (Å²) in [5, 5.41) is 12.3. The lowest BCUT2D eigenvalue weighted by molar-refractivity contribution is 0.590. The lowest BCUT2D eigenvalue weighted by Gasteiger charge is -2.21. The van der Waals surface area contributed by atoms with Gasteiger partial charge in [0.15, 0.2) is 0 Å². The fraction of sp³-hybridized carbons (Fsp3) is 0.125. The molecule has 0 unspecified atom stereocenters. The van der Waals surface area contributed by atoms with Gasteiger partial charge in [-0.2, -0.15) is 0 Å². The van der Waals surface area contributed by atoms with Gasteiger partial charge in [-0.1, -0.05) is 59.4 Å². The van der Waals surface area contributed by atoms with Crippen LogP contribution in [0.3, 0.4) is 0 Å². The van der Waals surface area contributed by atoms with Crippen LogP contribution in [0.5, 0.6) is 0 Å². The molecule has 0 bridgehead atoms. The molecule has 0 amide bonds. The molecule has 11 heteroatoms. The minimum Gasteiger partial charge on any atom is -0.235 e. The van der Waals surface area contributed by atoms with E-state index in [2.05, 4.69) is 10.2 Å². The Morgan fingerprint density at radius 2 is 1.59 bits per heavy atom. The van der Waals surface area contributed by atoms with Crippen molar-refractivity contribution < 1.29 is 16.8 Å². The number of nitrogens with zero attached hydrogens (tertiary/aromatic N) is 3. The maximum Gasteiger partial charge on any atom is 0.267 e. The number of nitrogens with two attached hydrogens (primary N) is 1. The van der Waals surface area contributed by atoms with Crippen molar-refractivity contribution >= 4 is 36.5 Å². The Morgan fingerprint density at radius 1 is 0.963 bits per heavy atom. The second kappa shape index (κ2) is 7.35. The van der Waals surface area contributed by atoms with Crippen LogP contribution in [0, 0.1) is 6.92 Å². The molecule has 3 rings (SSSR count). The first-order valence-electron chi connectivity index (χ1n) is 7.67. The van der Waals surface area contributed by atoms with Gasteiger partial charge in [0.05, 0.1) is 11.4 Å². The molecule has 2 aromatic carbocycles. The minimum absolute atomic E-state index is 0.0310. The first-order chi connectivity index (χ1) is 12.7. The topological polar surface area (TPSA) is 123 Å². The zero-order valence-electron chi connectivity index (χ0n) is 14.2. The van der Waals surface area contributed by atoms with Crippen molar-refractivity contribution in [1.82, 2.24) is 10.2 Å². The van der Waals surface area contributed by atoms with Crippen molar-refractivity contribution in [2.45, 2.75) is 22.7 Å². The van der Waals surface area contributed by atoms with Crippen LogP contribution < -0.4 is 9.44 Å². The molecule has 0 atom stereocenters. The van der Waals surface area contributed by atoms with Gasteiger partial charge in [0.1, 0.15) is 0 Å². The number of benzene rings is 2.